The van der Waals surface area contributed by atoms with Crippen LogP contribution in [0.2, 0.25) is 5.02 Å². The summed E-state index contributed by atoms with van der Waals surface area (Å²) in [6.45, 7) is 3.79. The van der Waals surface area contributed by atoms with Crippen LogP contribution in [0, 0.1) is 5.41 Å². The van der Waals surface area contributed by atoms with Crippen LogP contribution in [0.1, 0.15) is 11.1 Å². The molecule has 0 fully saturated rings. The van der Waals surface area contributed by atoms with Crippen molar-refractivity contribution in [1.82, 2.24) is 0 Å². The predicted molar refractivity (Wildman–Crippen MR) is 85.4 cm³/mol. The summed E-state index contributed by atoms with van der Waals surface area (Å²) in [5.41, 5.74) is 2.66. The molecule has 0 saturated heterocycles. The van der Waals surface area contributed by atoms with Gasteiger partial charge in [-0.15, -0.1) is 0 Å². The lowest BCUT2D eigenvalue weighted by molar-refractivity contribution is 1.46. The molecule has 96 valence electrons. The van der Waals surface area contributed by atoms with Gasteiger partial charge in [-0.2, -0.15) is 0 Å². The van der Waals surface area contributed by atoms with E-state index in [0.29, 0.717) is 5.02 Å². The van der Waals surface area contributed by atoms with E-state index < -0.39 is 0 Å². The Bertz CT molecular complexity index is 611. The van der Waals surface area contributed by atoms with Crippen LogP contribution in [0.5, 0.6) is 0 Å². The first-order valence-electron chi connectivity index (χ1n) is 5.69. The van der Waals surface area contributed by atoms with Gasteiger partial charge in [0.1, 0.15) is 0 Å². The molecule has 0 heterocycles. The largest absolute Gasteiger partial charge is 0.325 e. The molecule has 2 aromatic carbocycles. The van der Waals surface area contributed by atoms with Crippen LogP contribution in [0.4, 0.5) is 5.69 Å². The van der Waals surface area contributed by atoms with E-state index in [-0.39, 0.29) is 0 Å². The number of rotatable bonds is 5. The molecule has 19 heavy (non-hydrogen) atoms. The first-order valence-corrected chi connectivity index (χ1v) is 6.89. The van der Waals surface area contributed by atoms with Crippen molar-refractivity contribution in [2.24, 2.45) is 0 Å². The number of hydrogen-bond donors (Lipinski definition) is 2. The van der Waals surface area contributed by atoms with Gasteiger partial charge in [-0.1, -0.05) is 48.5 Å². The van der Waals surface area contributed by atoms with Crippen molar-refractivity contribution in [2.75, 3.05) is 4.72 Å². The average molecular weight is 289 g/mol. The maximum atomic E-state index is 7.39. The number of benzene rings is 2. The second-order valence-electron chi connectivity index (χ2n) is 3.79. The summed E-state index contributed by atoms with van der Waals surface area (Å²) in [4.78, 5) is 0.958. The molecule has 0 radical (unpaired) electrons. The van der Waals surface area contributed by atoms with Gasteiger partial charge in [0, 0.05) is 22.2 Å². The van der Waals surface area contributed by atoms with Crippen molar-refractivity contribution in [1.29, 1.82) is 5.41 Å². The Morgan fingerprint density at radius 1 is 1.16 bits per heavy atom. The van der Waals surface area contributed by atoms with Crippen LogP contribution in [0.3, 0.4) is 0 Å². The molecule has 0 aromatic heterocycles. The molecule has 0 spiro atoms. The van der Waals surface area contributed by atoms with Gasteiger partial charge in [-0.25, -0.2) is 0 Å². The van der Waals surface area contributed by atoms with E-state index in [4.69, 9.17) is 17.0 Å². The zero-order chi connectivity index (χ0) is 13.7. The SMILES string of the molecule is C=Cc1c(C=N)cccc1NSc1ccccc1Cl. The highest BCUT2D eigenvalue weighted by Gasteiger charge is 2.05. The Morgan fingerprint density at radius 2 is 1.95 bits per heavy atom. The summed E-state index contributed by atoms with van der Waals surface area (Å²) in [7, 11) is 0. The summed E-state index contributed by atoms with van der Waals surface area (Å²) in [5, 5.41) is 8.10. The van der Waals surface area contributed by atoms with E-state index in [0.717, 1.165) is 21.7 Å². The fourth-order valence-corrected chi connectivity index (χ4v) is 2.62. The fraction of sp³-hybridized carbons (Fsp3) is 0. The maximum absolute atomic E-state index is 7.39. The summed E-state index contributed by atoms with van der Waals surface area (Å²) in [6, 6.07) is 13.4. The lowest BCUT2D eigenvalue weighted by atomic mass is 10.1. The Balaban J connectivity index is 2.23. The molecular weight excluding hydrogens is 276 g/mol. The maximum Gasteiger partial charge on any atom is 0.0559 e. The van der Waals surface area contributed by atoms with Crippen LogP contribution in [0.15, 0.2) is 53.9 Å². The molecule has 0 atom stereocenters. The minimum Gasteiger partial charge on any atom is -0.325 e. The fourth-order valence-electron chi connectivity index (χ4n) is 1.66. The summed E-state index contributed by atoms with van der Waals surface area (Å²) in [6.07, 6.45) is 3.07. The van der Waals surface area contributed by atoms with Crippen molar-refractivity contribution in [3.8, 4) is 0 Å². The van der Waals surface area contributed by atoms with Gasteiger partial charge in [0.2, 0.25) is 0 Å². The molecule has 2 N–H and O–H groups in total. The molecule has 0 aliphatic carbocycles. The van der Waals surface area contributed by atoms with Gasteiger partial charge >= 0.3 is 0 Å². The minimum atomic E-state index is 0.711. The van der Waals surface area contributed by atoms with Gasteiger partial charge < -0.3 is 10.1 Å². The number of halogens is 1. The molecule has 2 nitrogen and oxygen atoms in total. The molecule has 0 bridgehead atoms. The summed E-state index contributed by atoms with van der Waals surface area (Å²) in [5.74, 6) is 0. The van der Waals surface area contributed by atoms with E-state index in [9.17, 15) is 0 Å². The van der Waals surface area contributed by atoms with Crippen molar-refractivity contribution in [3.63, 3.8) is 0 Å². The Hall–Kier alpha value is -1.71. The van der Waals surface area contributed by atoms with E-state index in [2.05, 4.69) is 11.3 Å². The smallest absolute Gasteiger partial charge is 0.0559 e. The average Bonchev–Trinajstić information content (AvgIpc) is 2.45. The molecule has 2 rings (SSSR count). The molecule has 4 heteroatoms. The van der Waals surface area contributed by atoms with Gasteiger partial charge in [-0.3, -0.25) is 0 Å². The first-order chi connectivity index (χ1) is 9.26. The monoisotopic (exact) mass is 288 g/mol. The van der Waals surface area contributed by atoms with Crippen molar-refractivity contribution >= 4 is 41.5 Å². The van der Waals surface area contributed by atoms with Crippen LogP contribution >= 0.6 is 23.5 Å². The molecule has 0 saturated carbocycles. The zero-order valence-electron chi connectivity index (χ0n) is 10.2. The van der Waals surface area contributed by atoms with Crippen LogP contribution in [-0.2, 0) is 0 Å². The van der Waals surface area contributed by atoms with E-state index in [1.54, 1.807) is 6.08 Å². The van der Waals surface area contributed by atoms with E-state index in [1.165, 1.54) is 18.2 Å². The van der Waals surface area contributed by atoms with Crippen LogP contribution in [-0.4, -0.2) is 6.21 Å². The lowest BCUT2D eigenvalue weighted by Crippen LogP contribution is -1.94. The van der Waals surface area contributed by atoms with Crippen molar-refractivity contribution < 1.29 is 0 Å². The number of hydrogen-bond acceptors (Lipinski definition) is 3. The Morgan fingerprint density at radius 3 is 2.63 bits per heavy atom. The van der Waals surface area contributed by atoms with Crippen molar-refractivity contribution in [3.05, 3.63) is 65.2 Å². The molecule has 0 unspecified atom stereocenters. The van der Waals surface area contributed by atoms with E-state index in [1.807, 2.05) is 42.5 Å². The highest BCUT2D eigenvalue weighted by molar-refractivity contribution is 8.00. The highest BCUT2D eigenvalue weighted by Crippen LogP contribution is 2.30. The number of nitrogens with one attached hydrogen (secondary N) is 2. The third-order valence-electron chi connectivity index (χ3n) is 2.61. The topological polar surface area (TPSA) is 35.9 Å². The van der Waals surface area contributed by atoms with Gasteiger partial charge in [0.25, 0.3) is 0 Å². The molecule has 0 amide bonds. The molecule has 0 aliphatic heterocycles. The van der Waals surface area contributed by atoms with Gasteiger partial charge in [0.05, 0.1) is 10.7 Å². The number of anilines is 1. The standard InChI is InChI=1S/C15H13ClN2S/c1-2-12-11(10-17)6-5-8-14(12)18-19-15-9-4-3-7-13(15)16/h2-10,17-18H,1H2. The first kappa shape index (κ1) is 13.7. The summed E-state index contributed by atoms with van der Waals surface area (Å²) < 4.78 is 3.25. The Kier molecular flexibility index (Phi) is 4.66. The second-order valence-corrected chi connectivity index (χ2v) is 5.05. The molecule has 0 aliphatic rings. The normalized spacial score (nSPS) is 9.95. The van der Waals surface area contributed by atoms with Gasteiger partial charge in [0.15, 0.2) is 0 Å². The minimum absolute atomic E-state index is 0.711. The van der Waals surface area contributed by atoms with Crippen molar-refractivity contribution in [2.45, 2.75) is 4.90 Å². The molecular formula is C15H13ClN2S. The zero-order valence-corrected chi connectivity index (χ0v) is 11.8. The Labute approximate surface area is 122 Å². The van der Waals surface area contributed by atoms with Crippen LogP contribution in [0.25, 0.3) is 6.08 Å². The highest BCUT2D eigenvalue weighted by atomic mass is 35.5. The second kappa shape index (κ2) is 6.45. The van der Waals surface area contributed by atoms with Crippen LogP contribution < -0.4 is 4.72 Å². The quantitative estimate of drug-likeness (QED) is 0.593. The third kappa shape index (κ3) is 3.19. The predicted octanol–water partition coefficient (Wildman–Crippen LogP) is 5.10. The third-order valence-corrected chi connectivity index (χ3v) is 3.95. The lowest BCUT2D eigenvalue weighted by Gasteiger charge is -2.11. The molecule has 2 aromatic rings. The van der Waals surface area contributed by atoms with E-state index >= 15 is 0 Å². The summed E-state index contributed by atoms with van der Waals surface area (Å²) >= 11 is 7.55. The van der Waals surface area contributed by atoms with Gasteiger partial charge in [-0.05, 0) is 30.1 Å².